The Morgan fingerprint density at radius 1 is 1.44 bits per heavy atom. The van der Waals surface area contributed by atoms with Gasteiger partial charge in [0.05, 0.1) is 5.69 Å². The molecule has 0 aliphatic rings. The van der Waals surface area contributed by atoms with Crippen molar-refractivity contribution in [3.63, 3.8) is 0 Å². The Kier molecular flexibility index (Phi) is 3.72. The Morgan fingerprint density at radius 2 is 2.22 bits per heavy atom. The van der Waals surface area contributed by atoms with Crippen molar-refractivity contribution in [3.8, 4) is 0 Å². The molecule has 18 heavy (non-hydrogen) atoms. The second-order valence-electron chi connectivity index (χ2n) is 4.44. The van der Waals surface area contributed by atoms with Gasteiger partial charge in [-0.1, -0.05) is 17.3 Å². The standard InChI is InChI=1S/C13H17FN4/c1-9-6-10(4-5-12(9)14)13(15-2)7-11-8-18(3)17-16-11/h4-6,8,13,15H,7H2,1-3H3. The van der Waals surface area contributed by atoms with Gasteiger partial charge in [0.15, 0.2) is 0 Å². The summed E-state index contributed by atoms with van der Waals surface area (Å²) in [4.78, 5) is 0. The number of hydrogen-bond acceptors (Lipinski definition) is 3. The molecule has 1 atom stereocenters. The lowest BCUT2D eigenvalue weighted by Gasteiger charge is -2.16. The van der Waals surface area contributed by atoms with Crippen molar-refractivity contribution in [1.29, 1.82) is 0 Å². The molecule has 1 aromatic carbocycles. The zero-order valence-electron chi connectivity index (χ0n) is 10.8. The van der Waals surface area contributed by atoms with Gasteiger partial charge in [0.1, 0.15) is 5.82 Å². The molecule has 0 radical (unpaired) electrons. The third kappa shape index (κ3) is 2.73. The van der Waals surface area contributed by atoms with Crippen molar-refractivity contribution in [1.82, 2.24) is 20.3 Å². The topological polar surface area (TPSA) is 42.7 Å². The van der Waals surface area contributed by atoms with Crippen LogP contribution in [0, 0.1) is 12.7 Å². The summed E-state index contributed by atoms with van der Waals surface area (Å²) in [6.45, 7) is 1.77. The summed E-state index contributed by atoms with van der Waals surface area (Å²) in [5.74, 6) is -0.173. The van der Waals surface area contributed by atoms with Crippen LogP contribution >= 0.6 is 0 Å². The van der Waals surface area contributed by atoms with Gasteiger partial charge in [-0.15, -0.1) is 5.10 Å². The van der Waals surface area contributed by atoms with E-state index in [9.17, 15) is 4.39 Å². The number of halogens is 1. The van der Waals surface area contributed by atoms with Crippen molar-refractivity contribution < 1.29 is 4.39 Å². The van der Waals surface area contributed by atoms with Gasteiger partial charge in [-0.2, -0.15) is 0 Å². The molecule has 96 valence electrons. The predicted octanol–water partition coefficient (Wildman–Crippen LogP) is 1.77. The fraction of sp³-hybridized carbons (Fsp3) is 0.385. The van der Waals surface area contributed by atoms with E-state index < -0.39 is 0 Å². The van der Waals surface area contributed by atoms with Crippen LogP contribution in [0.4, 0.5) is 4.39 Å². The first-order valence-electron chi connectivity index (χ1n) is 5.88. The minimum atomic E-state index is -0.173. The quantitative estimate of drug-likeness (QED) is 0.896. The molecule has 1 unspecified atom stereocenters. The number of nitrogens with zero attached hydrogens (tertiary/aromatic N) is 3. The van der Waals surface area contributed by atoms with Crippen LogP contribution < -0.4 is 5.32 Å². The van der Waals surface area contributed by atoms with E-state index >= 15 is 0 Å². The first-order valence-corrected chi connectivity index (χ1v) is 5.88. The van der Waals surface area contributed by atoms with E-state index in [-0.39, 0.29) is 11.9 Å². The summed E-state index contributed by atoms with van der Waals surface area (Å²) in [6.07, 6.45) is 2.62. The van der Waals surface area contributed by atoms with E-state index in [2.05, 4.69) is 15.6 Å². The molecule has 0 bridgehead atoms. The van der Waals surface area contributed by atoms with Crippen LogP contribution in [-0.4, -0.2) is 22.0 Å². The van der Waals surface area contributed by atoms with Gasteiger partial charge in [0.25, 0.3) is 0 Å². The first kappa shape index (κ1) is 12.7. The lowest BCUT2D eigenvalue weighted by atomic mass is 10.0. The summed E-state index contributed by atoms with van der Waals surface area (Å²) in [6, 6.07) is 5.29. The summed E-state index contributed by atoms with van der Waals surface area (Å²) >= 11 is 0. The Hall–Kier alpha value is -1.75. The predicted molar refractivity (Wildman–Crippen MR) is 67.6 cm³/mol. The molecule has 2 aromatic rings. The van der Waals surface area contributed by atoms with Gasteiger partial charge < -0.3 is 5.32 Å². The van der Waals surface area contributed by atoms with Gasteiger partial charge in [-0.3, -0.25) is 4.68 Å². The van der Waals surface area contributed by atoms with Crippen LogP contribution in [0.1, 0.15) is 22.9 Å². The van der Waals surface area contributed by atoms with Crippen molar-refractivity contribution >= 4 is 0 Å². The number of aromatic nitrogens is 3. The molecule has 0 saturated carbocycles. The lowest BCUT2D eigenvalue weighted by molar-refractivity contribution is 0.576. The maximum absolute atomic E-state index is 13.3. The van der Waals surface area contributed by atoms with Crippen LogP contribution in [0.15, 0.2) is 24.4 Å². The number of likely N-dealkylation sites (N-methyl/N-ethyl adjacent to an activating group) is 1. The van der Waals surface area contributed by atoms with E-state index in [0.29, 0.717) is 5.56 Å². The average molecular weight is 248 g/mol. The Balaban J connectivity index is 2.19. The highest BCUT2D eigenvalue weighted by Crippen LogP contribution is 2.19. The summed E-state index contributed by atoms with van der Waals surface area (Å²) < 4.78 is 14.9. The lowest BCUT2D eigenvalue weighted by Crippen LogP contribution is -2.19. The van der Waals surface area contributed by atoms with Crippen molar-refractivity contribution in [3.05, 3.63) is 47.0 Å². The fourth-order valence-electron chi connectivity index (χ4n) is 1.97. The summed E-state index contributed by atoms with van der Waals surface area (Å²) in [5, 5.41) is 11.2. The third-order valence-electron chi connectivity index (χ3n) is 3.00. The van der Waals surface area contributed by atoms with Crippen molar-refractivity contribution in [2.24, 2.45) is 7.05 Å². The molecule has 5 heteroatoms. The van der Waals surface area contributed by atoms with Gasteiger partial charge in [0.2, 0.25) is 0 Å². The molecule has 0 spiro atoms. The smallest absolute Gasteiger partial charge is 0.126 e. The molecule has 0 aliphatic carbocycles. The van der Waals surface area contributed by atoms with Crippen LogP contribution in [-0.2, 0) is 13.5 Å². The Labute approximate surface area is 106 Å². The fourth-order valence-corrected chi connectivity index (χ4v) is 1.97. The van der Waals surface area contributed by atoms with Crippen LogP contribution in [0.2, 0.25) is 0 Å². The van der Waals surface area contributed by atoms with Crippen LogP contribution in [0.3, 0.4) is 0 Å². The Morgan fingerprint density at radius 3 is 2.78 bits per heavy atom. The molecular formula is C13H17FN4. The van der Waals surface area contributed by atoms with Gasteiger partial charge in [0, 0.05) is 25.7 Å². The molecule has 0 amide bonds. The largest absolute Gasteiger partial charge is 0.313 e. The SMILES string of the molecule is CNC(Cc1cn(C)nn1)c1ccc(F)c(C)c1. The highest BCUT2D eigenvalue weighted by atomic mass is 19.1. The molecule has 4 nitrogen and oxygen atoms in total. The van der Waals surface area contributed by atoms with E-state index in [1.54, 1.807) is 17.7 Å². The highest BCUT2D eigenvalue weighted by molar-refractivity contribution is 5.27. The number of aryl methyl sites for hydroxylation is 2. The van der Waals surface area contributed by atoms with E-state index in [1.165, 1.54) is 6.07 Å². The highest BCUT2D eigenvalue weighted by Gasteiger charge is 2.13. The molecule has 1 aromatic heterocycles. The monoisotopic (exact) mass is 248 g/mol. The molecule has 0 saturated heterocycles. The number of nitrogens with one attached hydrogen (secondary N) is 1. The maximum atomic E-state index is 13.3. The Bertz CT molecular complexity index is 536. The zero-order valence-corrected chi connectivity index (χ0v) is 10.8. The van der Waals surface area contributed by atoms with E-state index in [4.69, 9.17) is 0 Å². The molecule has 1 N–H and O–H groups in total. The second-order valence-corrected chi connectivity index (χ2v) is 4.44. The molecular weight excluding hydrogens is 231 g/mol. The number of rotatable bonds is 4. The number of hydrogen-bond donors (Lipinski definition) is 1. The minimum absolute atomic E-state index is 0.112. The molecule has 1 heterocycles. The van der Waals surface area contributed by atoms with Crippen molar-refractivity contribution in [2.45, 2.75) is 19.4 Å². The van der Waals surface area contributed by atoms with Crippen LogP contribution in [0.5, 0.6) is 0 Å². The van der Waals surface area contributed by atoms with Crippen molar-refractivity contribution in [2.75, 3.05) is 7.05 Å². The second kappa shape index (κ2) is 5.27. The molecule has 0 fully saturated rings. The maximum Gasteiger partial charge on any atom is 0.126 e. The normalized spacial score (nSPS) is 12.7. The van der Waals surface area contributed by atoms with Gasteiger partial charge >= 0.3 is 0 Å². The summed E-state index contributed by atoms with van der Waals surface area (Å²) in [5.41, 5.74) is 2.63. The van der Waals surface area contributed by atoms with Gasteiger partial charge in [-0.25, -0.2) is 4.39 Å². The average Bonchev–Trinajstić information content (AvgIpc) is 2.75. The summed E-state index contributed by atoms with van der Waals surface area (Å²) in [7, 11) is 3.73. The van der Waals surface area contributed by atoms with Gasteiger partial charge in [-0.05, 0) is 31.2 Å². The first-order chi connectivity index (χ1) is 8.60. The zero-order chi connectivity index (χ0) is 13.1. The number of benzene rings is 1. The van der Waals surface area contributed by atoms with E-state index in [1.807, 2.05) is 26.4 Å². The third-order valence-corrected chi connectivity index (χ3v) is 3.00. The van der Waals surface area contributed by atoms with Crippen LogP contribution in [0.25, 0.3) is 0 Å². The molecule has 0 aliphatic heterocycles. The minimum Gasteiger partial charge on any atom is -0.313 e. The molecule has 2 rings (SSSR count). The van der Waals surface area contributed by atoms with E-state index in [0.717, 1.165) is 17.7 Å².